The molecule has 0 unspecified atom stereocenters. The summed E-state index contributed by atoms with van der Waals surface area (Å²) in [4.78, 5) is 10.7. The molecule has 0 aliphatic rings. The van der Waals surface area contributed by atoms with E-state index in [9.17, 15) is 9.90 Å². The van der Waals surface area contributed by atoms with Crippen LogP contribution in [0.3, 0.4) is 0 Å². The summed E-state index contributed by atoms with van der Waals surface area (Å²) in [6.07, 6.45) is 0. The highest BCUT2D eigenvalue weighted by Gasteiger charge is 2.21. The van der Waals surface area contributed by atoms with E-state index >= 15 is 0 Å². The third-order valence-electron chi connectivity index (χ3n) is 2.09. The summed E-state index contributed by atoms with van der Waals surface area (Å²) in [5, 5.41) is 18.4. The van der Waals surface area contributed by atoms with Gasteiger partial charge in [-0.2, -0.15) is 0 Å². The van der Waals surface area contributed by atoms with Crippen molar-refractivity contribution in [1.82, 2.24) is 0 Å². The number of carbonyl (C=O) groups is 1. The number of aromatic carboxylic acids is 1. The molecule has 0 atom stereocenters. The smallest absolute Gasteiger partial charge is 0.337 e. The van der Waals surface area contributed by atoms with Crippen LogP contribution in [0.15, 0.2) is 12.1 Å². The molecular weight excluding hydrogens is 196 g/mol. The maximum absolute atomic E-state index is 10.7. The second-order valence-electron chi connectivity index (χ2n) is 3.98. The number of hydrogen-bond donors (Lipinski definition) is 4. The minimum atomic E-state index is -1.18. The monoisotopic (exact) mass is 210 g/mol. The van der Waals surface area contributed by atoms with Gasteiger partial charge in [0.1, 0.15) is 5.75 Å². The Morgan fingerprint density at radius 3 is 2.33 bits per heavy atom. The topological polar surface area (TPSA) is 110 Å². The van der Waals surface area contributed by atoms with E-state index in [4.69, 9.17) is 16.6 Å². The van der Waals surface area contributed by atoms with E-state index in [-0.39, 0.29) is 17.0 Å². The molecule has 1 aromatic carbocycles. The second-order valence-corrected chi connectivity index (χ2v) is 3.98. The standard InChI is InChI=1S/C10H14N2O3/c1-10(2,12)6-4-7(11)5(9(14)15)3-8(6)13/h3-4,13H,11-12H2,1-2H3,(H,14,15). The molecule has 0 saturated heterocycles. The molecule has 0 aliphatic heterocycles. The summed E-state index contributed by atoms with van der Waals surface area (Å²) in [6.45, 7) is 3.39. The van der Waals surface area contributed by atoms with Crippen LogP contribution in [0.5, 0.6) is 5.75 Å². The van der Waals surface area contributed by atoms with Crippen molar-refractivity contribution in [2.45, 2.75) is 19.4 Å². The molecular formula is C10H14N2O3. The number of nitrogen functional groups attached to an aromatic ring is 1. The minimum absolute atomic E-state index is 0.0915. The Balaban J connectivity index is 3.39. The quantitative estimate of drug-likeness (QED) is 0.427. The Kier molecular flexibility index (Phi) is 2.59. The zero-order valence-electron chi connectivity index (χ0n) is 8.61. The number of aromatic hydroxyl groups is 1. The Labute approximate surface area is 87.3 Å². The van der Waals surface area contributed by atoms with E-state index < -0.39 is 11.5 Å². The van der Waals surface area contributed by atoms with Crippen LogP contribution in [0.2, 0.25) is 0 Å². The number of phenols is 1. The van der Waals surface area contributed by atoms with Crippen LogP contribution in [0, 0.1) is 0 Å². The molecule has 1 aromatic rings. The predicted molar refractivity (Wildman–Crippen MR) is 56.7 cm³/mol. The normalized spacial score (nSPS) is 11.4. The highest BCUT2D eigenvalue weighted by Crippen LogP contribution is 2.31. The summed E-state index contributed by atoms with van der Waals surface area (Å²) in [7, 11) is 0. The average molecular weight is 210 g/mol. The fourth-order valence-electron chi connectivity index (χ4n) is 1.31. The maximum Gasteiger partial charge on any atom is 0.337 e. The van der Waals surface area contributed by atoms with Crippen LogP contribution in [-0.4, -0.2) is 16.2 Å². The number of rotatable bonds is 2. The Bertz CT molecular complexity index is 408. The van der Waals surface area contributed by atoms with Gasteiger partial charge in [0.25, 0.3) is 0 Å². The molecule has 82 valence electrons. The largest absolute Gasteiger partial charge is 0.508 e. The van der Waals surface area contributed by atoms with E-state index in [1.54, 1.807) is 13.8 Å². The number of nitrogens with two attached hydrogens (primary N) is 2. The van der Waals surface area contributed by atoms with Crippen LogP contribution in [0.1, 0.15) is 29.8 Å². The number of benzene rings is 1. The van der Waals surface area contributed by atoms with Crippen molar-refractivity contribution in [2.24, 2.45) is 5.73 Å². The average Bonchev–Trinajstić information content (AvgIpc) is 2.06. The molecule has 0 amide bonds. The first-order chi connectivity index (χ1) is 6.73. The van der Waals surface area contributed by atoms with Gasteiger partial charge in [-0.25, -0.2) is 4.79 Å². The Hall–Kier alpha value is -1.75. The lowest BCUT2D eigenvalue weighted by atomic mass is 9.93. The van der Waals surface area contributed by atoms with Crippen molar-refractivity contribution in [3.05, 3.63) is 23.3 Å². The Morgan fingerprint density at radius 2 is 1.93 bits per heavy atom. The minimum Gasteiger partial charge on any atom is -0.508 e. The van der Waals surface area contributed by atoms with Crippen molar-refractivity contribution in [3.8, 4) is 5.75 Å². The van der Waals surface area contributed by atoms with Crippen LogP contribution in [-0.2, 0) is 5.54 Å². The first-order valence-electron chi connectivity index (χ1n) is 4.38. The first-order valence-corrected chi connectivity index (χ1v) is 4.38. The van der Waals surface area contributed by atoms with Crippen molar-refractivity contribution in [2.75, 3.05) is 5.73 Å². The highest BCUT2D eigenvalue weighted by molar-refractivity contribution is 5.94. The van der Waals surface area contributed by atoms with Gasteiger partial charge in [-0.05, 0) is 26.0 Å². The number of phenolic OH excluding ortho intramolecular Hbond substituents is 1. The fraction of sp³-hybridized carbons (Fsp3) is 0.300. The summed E-state index contributed by atoms with van der Waals surface area (Å²) < 4.78 is 0. The molecule has 0 fully saturated rings. The summed E-state index contributed by atoms with van der Waals surface area (Å²) in [5.41, 5.74) is 10.9. The summed E-state index contributed by atoms with van der Waals surface area (Å²) >= 11 is 0. The predicted octanol–water partition coefficient (Wildman–Crippen LogP) is 0.866. The number of anilines is 1. The number of carboxylic acids is 1. The molecule has 0 aromatic heterocycles. The summed E-state index contributed by atoms with van der Waals surface area (Å²) in [5.74, 6) is -1.33. The first kappa shape index (κ1) is 11.3. The van der Waals surface area contributed by atoms with E-state index in [2.05, 4.69) is 0 Å². The molecule has 0 saturated carbocycles. The molecule has 5 heteroatoms. The SMILES string of the molecule is CC(C)(N)c1cc(N)c(C(=O)O)cc1O. The maximum atomic E-state index is 10.7. The number of carboxylic acid groups (broad SMARTS) is 1. The molecule has 0 heterocycles. The molecule has 1 rings (SSSR count). The van der Waals surface area contributed by atoms with Gasteiger partial charge in [-0.3, -0.25) is 0 Å². The zero-order chi connectivity index (χ0) is 11.8. The molecule has 6 N–H and O–H groups in total. The molecule has 0 radical (unpaired) electrons. The van der Waals surface area contributed by atoms with Crippen molar-refractivity contribution in [3.63, 3.8) is 0 Å². The molecule has 0 aliphatic carbocycles. The molecule has 5 nitrogen and oxygen atoms in total. The molecule has 15 heavy (non-hydrogen) atoms. The van der Waals surface area contributed by atoms with E-state index in [1.807, 2.05) is 0 Å². The van der Waals surface area contributed by atoms with Gasteiger partial charge in [0, 0.05) is 16.8 Å². The zero-order valence-corrected chi connectivity index (χ0v) is 8.61. The lowest BCUT2D eigenvalue weighted by Crippen LogP contribution is -2.29. The van der Waals surface area contributed by atoms with E-state index in [0.717, 1.165) is 6.07 Å². The van der Waals surface area contributed by atoms with Gasteiger partial charge in [-0.15, -0.1) is 0 Å². The van der Waals surface area contributed by atoms with Gasteiger partial charge in [0.15, 0.2) is 0 Å². The molecule has 0 bridgehead atoms. The van der Waals surface area contributed by atoms with Gasteiger partial charge >= 0.3 is 5.97 Å². The third-order valence-corrected chi connectivity index (χ3v) is 2.09. The fourth-order valence-corrected chi connectivity index (χ4v) is 1.31. The molecule has 0 spiro atoms. The summed E-state index contributed by atoms with van der Waals surface area (Å²) in [6, 6.07) is 2.50. The van der Waals surface area contributed by atoms with Gasteiger partial charge < -0.3 is 21.7 Å². The second kappa shape index (κ2) is 3.43. The van der Waals surface area contributed by atoms with E-state index in [0.29, 0.717) is 5.56 Å². The van der Waals surface area contributed by atoms with Crippen molar-refractivity contribution < 1.29 is 15.0 Å². The van der Waals surface area contributed by atoms with Crippen molar-refractivity contribution in [1.29, 1.82) is 0 Å². The van der Waals surface area contributed by atoms with Gasteiger partial charge in [0.05, 0.1) is 5.56 Å². The van der Waals surface area contributed by atoms with Crippen LogP contribution in [0.4, 0.5) is 5.69 Å². The van der Waals surface area contributed by atoms with Crippen LogP contribution in [0.25, 0.3) is 0 Å². The number of hydrogen-bond acceptors (Lipinski definition) is 4. The highest BCUT2D eigenvalue weighted by atomic mass is 16.4. The lowest BCUT2D eigenvalue weighted by Gasteiger charge is -2.21. The van der Waals surface area contributed by atoms with Gasteiger partial charge in [0.2, 0.25) is 0 Å². The van der Waals surface area contributed by atoms with Crippen molar-refractivity contribution >= 4 is 11.7 Å². The third kappa shape index (κ3) is 2.19. The van der Waals surface area contributed by atoms with Crippen LogP contribution < -0.4 is 11.5 Å². The van der Waals surface area contributed by atoms with Gasteiger partial charge in [-0.1, -0.05) is 0 Å². The Morgan fingerprint density at radius 1 is 1.40 bits per heavy atom. The van der Waals surface area contributed by atoms with Crippen LogP contribution >= 0.6 is 0 Å². The lowest BCUT2D eigenvalue weighted by molar-refractivity contribution is 0.0697. The van der Waals surface area contributed by atoms with E-state index in [1.165, 1.54) is 6.07 Å².